The van der Waals surface area contributed by atoms with Gasteiger partial charge in [0.05, 0.1) is 0 Å². The lowest BCUT2D eigenvalue weighted by Crippen LogP contribution is -2.20. The van der Waals surface area contributed by atoms with Crippen molar-refractivity contribution < 1.29 is 0 Å². The molecule has 0 aromatic heterocycles. The average molecular weight is 147 g/mol. The molecule has 1 heterocycles. The smallest absolute Gasteiger partial charge is 0.116 e. The molecule has 1 saturated heterocycles. The van der Waals surface area contributed by atoms with Gasteiger partial charge in [0.15, 0.2) is 0 Å². The molecular formula is C9H14BN. The Labute approximate surface area is 69.2 Å². The van der Waals surface area contributed by atoms with Crippen LogP contribution in [-0.4, -0.2) is 32.9 Å². The van der Waals surface area contributed by atoms with Crippen LogP contribution in [0.4, 0.5) is 0 Å². The van der Waals surface area contributed by atoms with E-state index in [1.807, 2.05) is 0 Å². The minimum Gasteiger partial charge on any atom is -0.306 e. The van der Waals surface area contributed by atoms with Crippen molar-refractivity contribution in [2.75, 3.05) is 20.1 Å². The summed E-state index contributed by atoms with van der Waals surface area (Å²) in [5, 5.41) is 0.420. The van der Waals surface area contributed by atoms with E-state index in [9.17, 15) is 0 Å². The molecule has 1 nitrogen and oxygen atoms in total. The van der Waals surface area contributed by atoms with Crippen LogP contribution in [0.3, 0.4) is 0 Å². The molecule has 0 spiro atoms. The summed E-state index contributed by atoms with van der Waals surface area (Å²) < 4.78 is 0. The Kier molecular flexibility index (Phi) is 1.46. The molecule has 0 amide bonds. The minimum absolute atomic E-state index is 0.420. The van der Waals surface area contributed by atoms with Gasteiger partial charge in [0, 0.05) is 13.1 Å². The van der Waals surface area contributed by atoms with Gasteiger partial charge in [-0.1, -0.05) is 24.3 Å². The molecule has 0 aromatic rings. The van der Waals surface area contributed by atoms with Gasteiger partial charge in [-0.05, 0) is 18.3 Å². The van der Waals surface area contributed by atoms with Gasteiger partial charge in [0.2, 0.25) is 0 Å². The van der Waals surface area contributed by atoms with Crippen LogP contribution in [0.25, 0.3) is 0 Å². The van der Waals surface area contributed by atoms with E-state index in [-0.39, 0.29) is 0 Å². The van der Waals surface area contributed by atoms with Crippen LogP contribution in [0.2, 0.25) is 5.31 Å². The quantitative estimate of drug-likeness (QED) is 0.450. The zero-order chi connectivity index (χ0) is 7.90. The summed E-state index contributed by atoms with van der Waals surface area (Å²) >= 11 is 0. The first-order chi connectivity index (χ1) is 5.21. The molecule has 2 heteroatoms. The Morgan fingerprint density at radius 3 is 3.09 bits per heavy atom. The first-order valence-corrected chi connectivity index (χ1v) is 4.25. The third-order valence-electron chi connectivity index (χ3n) is 2.90. The highest BCUT2D eigenvalue weighted by Crippen LogP contribution is 2.43. The van der Waals surface area contributed by atoms with Crippen molar-refractivity contribution in [1.82, 2.24) is 4.90 Å². The molecule has 0 aromatic carbocycles. The summed E-state index contributed by atoms with van der Waals surface area (Å²) in [6.07, 6.45) is 9.03. The maximum Gasteiger partial charge on any atom is 0.116 e. The molecule has 2 rings (SSSR count). The Morgan fingerprint density at radius 2 is 2.36 bits per heavy atom. The van der Waals surface area contributed by atoms with E-state index in [1.165, 1.54) is 13.1 Å². The number of rotatable bonds is 0. The van der Waals surface area contributed by atoms with Gasteiger partial charge in [-0.15, -0.1) is 0 Å². The van der Waals surface area contributed by atoms with E-state index in [0.29, 0.717) is 5.31 Å². The lowest BCUT2D eigenvalue weighted by molar-refractivity contribution is 0.405. The fourth-order valence-corrected chi connectivity index (χ4v) is 2.24. The number of likely N-dealkylation sites (tertiary alicyclic amines) is 1. The molecule has 1 fully saturated rings. The molecule has 2 unspecified atom stereocenters. The predicted octanol–water partition coefficient (Wildman–Crippen LogP) is 0.466. The lowest BCUT2D eigenvalue weighted by Gasteiger charge is -2.26. The number of hydrogen-bond donors (Lipinski definition) is 0. The molecule has 1 aliphatic heterocycles. The molecule has 1 aliphatic carbocycles. The second kappa shape index (κ2) is 2.24. The summed E-state index contributed by atoms with van der Waals surface area (Å²) in [6.45, 7) is 2.43. The van der Waals surface area contributed by atoms with Crippen LogP contribution in [-0.2, 0) is 0 Å². The Morgan fingerprint density at radius 1 is 1.55 bits per heavy atom. The van der Waals surface area contributed by atoms with Crippen molar-refractivity contribution >= 4 is 7.85 Å². The fourth-order valence-electron chi connectivity index (χ4n) is 2.24. The van der Waals surface area contributed by atoms with E-state index in [0.717, 1.165) is 5.92 Å². The lowest BCUT2D eigenvalue weighted by atomic mass is 9.61. The van der Waals surface area contributed by atoms with E-state index in [4.69, 9.17) is 0 Å². The predicted molar refractivity (Wildman–Crippen MR) is 50.5 cm³/mol. The molecule has 0 radical (unpaired) electrons. The molecule has 0 saturated carbocycles. The van der Waals surface area contributed by atoms with E-state index in [2.05, 4.69) is 44.1 Å². The second-order valence-corrected chi connectivity index (χ2v) is 4.05. The monoisotopic (exact) mass is 147 g/mol. The first-order valence-electron chi connectivity index (χ1n) is 4.25. The number of nitrogens with zero attached hydrogens (tertiary/aromatic N) is 1. The summed E-state index contributed by atoms with van der Waals surface area (Å²) in [5.74, 6) is 0.748. The van der Waals surface area contributed by atoms with Gasteiger partial charge >= 0.3 is 0 Å². The minimum atomic E-state index is 0.420. The Bertz CT molecular complexity index is 222. The van der Waals surface area contributed by atoms with Crippen molar-refractivity contribution in [3.8, 4) is 0 Å². The summed E-state index contributed by atoms with van der Waals surface area (Å²) in [7, 11) is 4.55. The molecule has 58 valence electrons. The normalized spacial score (nSPS) is 42.8. The van der Waals surface area contributed by atoms with Crippen LogP contribution >= 0.6 is 0 Å². The highest BCUT2D eigenvalue weighted by Gasteiger charge is 2.38. The van der Waals surface area contributed by atoms with Crippen molar-refractivity contribution in [3.63, 3.8) is 0 Å². The molecule has 2 aliphatic rings. The summed E-state index contributed by atoms with van der Waals surface area (Å²) in [5.41, 5.74) is 0. The van der Waals surface area contributed by atoms with E-state index >= 15 is 0 Å². The second-order valence-electron chi connectivity index (χ2n) is 4.05. The Balaban J connectivity index is 2.27. The molecule has 0 N–H and O–H groups in total. The van der Waals surface area contributed by atoms with Gasteiger partial charge in [-0.25, -0.2) is 0 Å². The third kappa shape index (κ3) is 1.06. The maximum absolute atomic E-state index is 2.41. The number of fused-ring (bicyclic) bond motifs is 1. The van der Waals surface area contributed by atoms with Crippen molar-refractivity contribution in [2.45, 2.75) is 5.31 Å². The van der Waals surface area contributed by atoms with E-state index < -0.39 is 0 Å². The van der Waals surface area contributed by atoms with Crippen LogP contribution in [0.15, 0.2) is 24.3 Å². The zero-order valence-corrected chi connectivity index (χ0v) is 7.25. The molecule has 2 atom stereocenters. The van der Waals surface area contributed by atoms with Crippen molar-refractivity contribution in [2.24, 2.45) is 5.92 Å². The summed E-state index contributed by atoms with van der Waals surface area (Å²) in [4.78, 5) is 2.41. The SMILES string of the molecule is BC12C=CC=CC1CN(C)C2. The topological polar surface area (TPSA) is 3.24 Å². The fraction of sp³-hybridized carbons (Fsp3) is 0.556. The number of hydrogen-bond acceptors (Lipinski definition) is 1. The summed E-state index contributed by atoms with van der Waals surface area (Å²) in [6, 6.07) is 0. The highest BCUT2D eigenvalue weighted by molar-refractivity contribution is 6.17. The molecule has 0 bridgehead atoms. The average Bonchev–Trinajstić information content (AvgIpc) is 2.22. The van der Waals surface area contributed by atoms with Crippen LogP contribution in [0.1, 0.15) is 0 Å². The van der Waals surface area contributed by atoms with E-state index in [1.54, 1.807) is 0 Å². The van der Waals surface area contributed by atoms with Gasteiger partial charge in [0.25, 0.3) is 0 Å². The molecule has 11 heavy (non-hydrogen) atoms. The largest absolute Gasteiger partial charge is 0.306 e. The van der Waals surface area contributed by atoms with Gasteiger partial charge in [-0.2, -0.15) is 0 Å². The van der Waals surface area contributed by atoms with Crippen LogP contribution in [0, 0.1) is 5.92 Å². The van der Waals surface area contributed by atoms with Gasteiger partial charge in [-0.3, -0.25) is 0 Å². The van der Waals surface area contributed by atoms with Gasteiger partial charge < -0.3 is 4.90 Å². The van der Waals surface area contributed by atoms with Crippen molar-refractivity contribution in [3.05, 3.63) is 24.3 Å². The van der Waals surface area contributed by atoms with Crippen molar-refractivity contribution in [1.29, 1.82) is 0 Å². The maximum atomic E-state index is 2.41. The molecular weight excluding hydrogens is 133 g/mol. The zero-order valence-electron chi connectivity index (χ0n) is 7.25. The van der Waals surface area contributed by atoms with Crippen LogP contribution in [0.5, 0.6) is 0 Å². The first kappa shape index (κ1) is 7.17. The standard InChI is InChI=1S/C9H14BN/c1-11-6-8-4-2-3-5-9(8,10)7-11/h2-5,8H,6-7,10H2,1H3. The number of allylic oxidation sites excluding steroid dienone is 2. The highest BCUT2D eigenvalue weighted by atomic mass is 15.1. The third-order valence-corrected chi connectivity index (χ3v) is 2.90. The van der Waals surface area contributed by atoms with Gasteiger partial charge in [0.1, 0.15) is 7.85 Å². The van der Waals surface area contributed by atoms with Crippen LogP contribution < -0.4 is 0 Å². The Hall–Kier alpha value is -0.495.